The summed E-state index contributed by atoms with van der Waals surface area (Å²) in [6.07, 6.45) is 2.14. The molecule has 8 rings (SSSR count). The summed E-state index contributed by atoms with van der Waals surface area (Å²) in [5, 5.41) is 21.5. The number of carbonyl (C=O) groups is 5. The highest BCUT2D eigenvalue weighted by Crippen LogP contribution is 2.64. The monoisotopic (exact) mass is 731 g/mol. The number of halogens is 1. The van der Waals surface area contributed by atoms with E-state index in [4.69, 9.17) is 16.3 Å². The van der Waals surface area contributed by atoms with Gasteiger partial charge >= 0.3 is 5.97 Å². The van der Waals surface area contributed by atoms with Gasteiger partial charge in [-0.25, -0.2) is 4.79 Å². The van der Waals surface area contributed by atoms with Crippen molar-refractivity contribution in [3.8, 4) is 11.5 Å². The van der Waals surface area contributed by atoms with Gasteiger partial charge in [0.15, 0.2) is 11.5 Å². The number of aryl methyl sites for hydroxylation is 1. The third kappa shape index (κ3) is 5.05. The second kappa shape index (κ2) is 12.6. The lowest BCUT2D eigenvalue weighted by atomic mass is 9.49. The lowest BCUT2D eigenvalue weighted by Gasteiger charge is -2.50. The third-order valence-corrected chi connectivity index (χ3v) is 11.6. The number of amides is 4. The summed E-state index contributed by atoms with van der Waals surface area (Å²) in [5.41, 5.74) is 4.87. The van der Waals surface area contributed by atoms with Crippen LogP contribution in [-0.2, 0) is 24.6 Å². The first kappa shape index (κ1) is 34.2. The molecule has 4 aliphatic rings. The SMILES string of the molecule is COc1cc(C2C3=CCC4C(=O)N(c5cccc(C(=O)O)c5)C(=O)C4C3CC3C(=O)N(Nc4ccc(C)cc4)C(=O)C32c2ccccc2)cc(Cl)c1O. The molecule has 53 heavy (non-hydrogen) atoms. The molecule has 4 amide bonds. The Morgan fingerprint density at radius 3 is 2.34 bits per heavy atom. The molecule has 12 heteroatoms. The number of fused-ring (bicyclic) bond motifs is 4. The van der Waals surface area contributed by atoms with Crippen LogP contribution in [-0.4, -0.2) is 51.9 Å². The molecule has 0 aromatic heterocycles. The number of carbonyl (C=O) groups excluding carboxylic acids is 4. The molecule has 2 saturated heterocycles. The Balaban J connectivity index is 1.33. The van der Waals surface area contributed by atoms with E-state index in [2.05, 4.69) is 5.43 Å². The fourth-order valence-corrected chi connectivity index (χ4v) is 9.29. The number of anilines is 2. The van der Waals surface area contributed by atoms with E-state index in [0.717, 1.165) is 15.5 Å². The minimum Gasteiger partial charge on any atom is -0.503 e. The normalized spacial score (nSPS) is 26.2. The number of phenolic OH excluding ortho intramolecular Hbond substituents is 1. The van der Waals surface area contributed by atoms with E-state index in [1.807, 2.05) is 43.3 Å². The first-order valence-electron chi connectivity index (χ1n) is 17.2. The number of phenols is 1. The predicted octanol–water partition coefficient (Wildman–Crippen LogP) is 6.25. The quantitative estimate of drug-likeness (QED) is 0.148. The van der Waals surface area contributed by atoms with Crippen molar-refractivity contribution in [2.75, 3.05) is 17.4 Å². The lowest BCUT2D eigenvalue weighted by molar-refractivity contribution is -0.138. The van der Waals surface area contributed by atoms with Crippen LogP contribution >= 0.6 is 11.6 Å². The van der Waals surface area contributed by atoms with Crippen molar-refractivity contribution in [3.63, 3.8) is 0 Å². The number of carboxylic acids is 1. The van der Waals surface area contributed by atoms with Crippen molar-refractivity contribution in [3.05, 3.63) is 130 Å². The Kier molecular flexibility index (Phi) is 8.14. The smallest absolute Gasteiger partial charge is 0.335 e. The largest absolute Gasteiger partial charge is 0.503 e. The fourth-order valence-electron chi connectivity index (χ4n) is 9.07. The summed E-state index contributed by atoms with van der Waals surface area (Å²) in [7, 11) is 1.38. The number of allylic oxidation sites excluding steroid dienone is 2. The van der Waals surface area contributed by atoms with Gasteiger partial charge in [0.2, 0.25) is 11.8 Å². The number of methoxy groups -OCH3 is 1. The molecule has 3 N–H and O–H groups in total. The zero-order chi connectivity index (χ0) is 37.3. The number of imide groups is 2. The Labute approximate surface area is 309 Å². The zero-order valence-electron chi connectivity index (χ0n) is 28.7. The second-order valence-corrected chi connectivity index (χ2v) is 14.4. The maximum atomic E-state index is 15.3. The van der Waals surface area contributed by atoms with Gasteiger partial charge in [-0.15, -0.1) is 0 Å². The van der Waals surface area contributed by atoms with E-state index in [1.165, 1.54) is 31.4 Å². The van der Waals surface area contributed by atoms with Crippen LogP contribution < -0.4 is 15.1 Å². The van der Waals surface area contributed by atoms with Crippen LogP contribution in [0.25, 0.3) is 0 Å². The Morgan fingerprint density at radius 2 is 1.64 bits per heavy atom. The molecule has 268 valence electrons. The summed E-state index contributed by atoms with van der Waals surface area (Å²) < 4.78 is 5.52. The summed E-state index contributed by atoms with van der Waals surface area (Å²) in [6.45, 7) is 1.93. The van der Waals surface area contributed by atoms with Gasteiger partial charge in [-0.2, -0.15) is 5.01 Å². The molecule has 2 heterocycles. The fraction of sp³-hybridized carbons (Fsp3) is 0.244. The van der Waals surface area contributed by atoms with Gasteiger partial charge in [-0.1, -0.05) is 77.3 Å². The predicted molar refractivity (Wildman–Crippen MR) is 194 cm³/mol. The molecule has 4 aromatic carbocycles. The number of hydrogen-bond donors (Lipinski definition) is 3. The van der Waals surface area contributed by atoms with Gasteiger partial charge in [0, 0.05) is 5.92 Å². The molecule has 6 unspecified atom stereocenters. The topological polar surface area (TPSA) is 154 Å². The second-order valence-electron chi connectivity index (χ2n) is 14.0. The average Bonchev–Trinajstić information content (AvgIpc) is 3.54. The van der Waals surface area contributed by atoms with E-state index in [9.17, 15) is 29.4 Å². The molecule has 3 fully saturated rings. The highest BCUT2D eigenvalue weighted by atomic mass is 35.5. The van der Waals surface area contributed by atoms with Crippen LogP contribution in [0.3, 0.4) is 0 Å². The van der Waals surface area contributed by atoms with E-state index in [1.54, 1.807) is 36.4 Å². The summed E-state index contributed by atoms with van der Waals surface area (Å²) in [4.78, 5) is 71.6. The van der Waals surface area contributed by atoms with Gasteiger partial charge in [0.25, 0.3) is 11.8 Å². The molecule has 2 aliphatic carbocycles. The molecule has 1 saturated carbocycles. The molecule has 2 aliphatic heterocycles. The maximum absolute atomic E-state index is 15.3. The first-order chi connectivity index (χ1) is 25.5. The van der Waals surface area contributed by atoms with Crippen molar-refractivity contribution >= 4 is 52.6 Å². The van der Waals surface area contributed by atoms with Crippen LogP contribution in [0.15, 0.2) is 103 Å². The average molecular weight is 732 g/mol. The molecule has 11 nitrogen and oxygen atoms in total. The van der Waals surface area contributed by atoms with E-state index < -0.39 is 64.6 Å². The lowest BCUT2D eigenvalue weighted by Crippen LogP contribution is -2.53. The van der Waals surface area contributed by atoms with Crippen LogP contribution in [0.5, 0.6) is 11.5 Å². The third-order valence-electron chi connectivity index (χ3n) is 11.3. The standard InChI is InChI=1S/C41H34ClN3O8/c1-21-11-13-25(14-12-21)43-45-37(48)30-20-29-27(15-16-28-33(29)38(49)44(36(28)47)26-10-6-7-22(17-26)39(50)51)34(23-18-31(42)35(46)32(19-23)53-2)41(30,40(45)52)24-8-4-3-5-9-24/h3-15,17-19,28-30,33-34,43,46H,16,20H2,1-2H3,(H,50,51). The summed E-state index contributed by atoms with van der Waals surface area (Å²) in [6, 6.07) is 25.2. The molecular weight excluding hydrogens is 698 g/mol. The number of rotatable bonds is 7. The number of carboxylic acid groups (broad SMARTS) is 1. The van der Waals surface area contributed by atoms with E-state index in [0.29, 0.717) is 22.4 Å². The number of nitrogens with zero attached hydrogens (tertiary/aromatic N) is 2. The van der Waals surface area contributed by atoms with Gasteiger partial charge in [-0.3, -0.25) is 29.5 Å². The molecular formula is C41H34ClN3O8. The van der Waals surface area contributed by atoms with Crippen molar-refractivity contribution in [2.24, 2.45) is 23.7 Å². The van der Waals surface area contributed by atoms with Crippen molar-refractivity contribution in [1.82, 2.24) is 5.01 Å². The highest BCUT2D eigenvalue weighted by molar-refractivity contribution is 6.32. The molecule has 0 spiro atoms. The van der Waals surface area contributed by atoms with Gasteiger partial charge in [0.1, 0.15) is 0 Å². The van der Waals surface area contributed by atoms with E-state index >= 15 is 4.79 Å². The van der Waals surface area contributed by atoms with Crippen LogP contribution in [0.2, 0.25) is 5.02 Å². The zero-order valence-corrected chi connectivity index (χ0v) is 29.4. The highest BCUT2D eigenvalue weighted by Gasteiger charge is 2.70. The number of aromatic hydroxyl groups is 1. The minimum atomic E-state index is -1.54. The van der Waals surface area contributed by atoms with Gasteiger partial charge in [0.05, 0.1) is 52.2 Å². The molecule has 4 aromatic rings. The molecule has 0 bridgehead atoms. The number of aromatic carboxylic acids is 1. The van der Waals surface area contributed by atoms with Crippen molar-refractivity contribution < 1.29 is 38.9 Å². The summed E-state index contributed by atoms with van der Waals surface area (Å²) in [5.74, 6) is -7.63. The van der Waals surface area contributed by atoms with Crippen molar-refractivity contribution in [1.29, 1.82) is 0 Å². The maximum Gasteiger partial charge on any atom is 0.335 e. The van der Waals surface area contributed by atoms with Crippen LogP contribution in [0.1, 0.15) is 45.8 Å². The van der Waals surface area contributed by atoms with Crippen LogP contribution in [0, 0.1) is 30.6 Å². The Bertz CT molecular complexity index is 2260. The molecule has 0 radical (unpaired) electrons. The van der Waals surface area contributed by atoms with Crippen molar-refractivity contribution in [2.45, 2.75) is 31.1 Å². The number of nitrogens with one attached hydrogen (secondary N) is 1. The Morgan fingerprint density at radius 1 is 0.906 bits per heavy atom. The first-order valence-corrected chi connectivity index (χ1v) is 17.6. The van der Waals surface area contributed by atoms with E-state index in [-0.39, 0.29) is 40.6 Å². The summed E-state index contributed by atoms with van der Waals surface area (Å²) >= 11 is 6.62. The Hall–Kier alpha value is -5.94. The van der Waals surface area contributed by atoms with Gasteiger partial charge < -0.3 is 14.9 Å². The van der Waals surface area contributed by atoms with Gasteiger partial charge in [-0.05, 0) is 79.3 Å². The number of hydrogen-bond acceptors (Lipinski definition) is 8. The molecule has 6 atom stereocenters. The number of ether oxygens (including phenoxy) is 1. The number of hydrazine groups is 1. The number of benzene rings is 4. The minimum absolute atomic E-state index is 0.0291. The van der Waals surface area contributed by atoms with Crippen LogP contribution in [0.4, 0.5) is 11.4 Å².